The molecule has 0 atom stereocenters. The van der Waals surface area contributed by atoms with Crippen LogP contribution in [0.25, 0.3) is 10.2 Å². The van der Waals surface area contributed by atoms with E-state index < -0.39 is 0 Å². The van der Waals surface area contributed by atoms with E-state index >= 15 is 0 Å². The zero-order chi connectivity index (χ0) is 15.4. The van der Waals surface area contributed by atoms with Crippen molar-refractivity contribution in [3.63, 3.8) is 0 Å². The Morgan fingerprint density at radius 3 is 2.86 bits per heavy atom. The highest BCUT2D eigenvalue weighted by Gasteiger charge is 2.06. The summed E-state index contributed by atoms with van der Waals surface area (Å²) >= 11 is 1.68. The normalized spacial score (nSPS) is 10.7. The van der Waals surface area contributed by atoms with Gasteiger partial charge in [-0.3, -0.25) is 4.79 Å². The molecule has 22 heavy (non-hydrogen) atoms. The molecule has 1 amide bonds. The Morgan fingerprint density at radius 1 is 1.18 bits per heavy atom. The molecule has 0 saturated carbocycles. The Bertz CT molecular complexity index is 765. The van der Waals surface area contributed by atoms with E-state index in [0.29, 0.717) is 12.1 Å². The van der Waals surface area contributed by atoms with E-state index in [1.807, 2.05) is 18.2 Å². The van der Waals surface area contributed by atoms with Crippen molar-refractivity contribution in [2.24, 2.45) is 0 Å². The lowest BCUT2D eigenvalue weighted by molar-refractivity contribution is -0.116. The van der Waals surface area contributed by atoms with E-state index in [2.05, 4.69) is 16.4 Å². The predicted molar refractivity (Wildman–Crippen MR) is 89.3 cm³/mol. The van der Waals surface area contributed by atoms with Crippen LogP contribution >= 0.6 is 11.3 Å². The van der Waals surface area contributed by atoms with Crippen LogP contribution < -0.4 is 5.32 Å². The van der Waals surface area contributed by atoms with Gasteiger partial charge in [0.15, 0.2) is 0 Å². The minimum absolute atomic E-state index is 0.0493. The molecule has 2 N–H and O–H groups in total. The molecule has 0 fully saturated rings. The molecular weight excluding hydrogens is 296 g/mol. The van der Waals surface area contributed by atoms with Gasteiger partial charge in [-0.25, -0.2) is 4.98 Å². The monoisotopic (exact) mass is 312 g/mol. The van der Waals surface area contributed by atoms with Gasteiger partial charge in [0.1, 0.15) is 5.75 Å². The molecule has 1 heterocycles. The molecular formula is C17H16N2O2S. The van der Waals surface area contributed by atoms with Crippen molar-refractivity contribution < 1.29 is 9.90 Å². The molecule has 4 nitrogen and oxygen atoms in total. The number of carbonyl (C=O) groups is 1. The van der Waals surface area contributed by atoms with Gasteiger partial charge >= 0.3 is 0 Å². The van der Waals surface area contributed by atoms with Crippen LogP contribution in [0.3, 0.4) is 0 Å². The van der Waals surface area contributed by atoms with E-state index in [-0.39, 0.29) is 11.7 Å². The van der Waals surface area contributed by atoms with Crippen molar-refractivity contribution >= 4 is 33.1 Å². The average molecular weight is 312 g/mol. The number of hydrogen-bond acceptors (Lipinski definition) is 4. The van der Waals surface area contributed by atoms with Crippen LogP contribution in [0.2, 0.25) is 0 Å². The van der Waals surface area contributed by atoms with Crippen molar-refractivity contribution in [1.29, 1.82) is 0 Å². The second kappa shape index (κ2) is 6.58. The fourth-order valence-corrected chi connectivity index (χ4v) is 3.24. The molecule has 2 aromatic carbocycles. The Morgan fingerprint density at radius 2 is 2.05 bits per heavy atom. The van der Waals surface area contributed by atoms with Crippen molar-refractivity contribution in [3.8, 4) is 5.75 Å². The molecule has 0 unspecified atom stereocenters. The number of phenols is 1. The van der Waals surface area contributed by atoms with Crippen molar-refractivity contribution in [2.45, 2.75) is 19.3 Å². The lowest BCUT2D eigenvalue weighted by atomic mass is 10.2. The van der Waals surface area contributed by atoms with Gasteiger partial charge < -0.3 is 10.4 Å². The highest BCUT2D eigenvalue weighted by molar-refractivity contribution is 7.18. The van der Waals surface area contributed by atoms with Crippen LogP contribution in [-0.4, -0.2) is 16.0 Å². The number of nitrogens with zero attached hydrogens (tertiary/aromatic N) is 1. The summed E-state index contributed by atoms with van der Waals surface area (Å²) in [7, 11) is 0. The third-order valence-corrected chi connectivity index (χ3v) is 4.36. The van der Waals surface area contributed by atoms with Crippen molar-refractivity contribution in [3.05, 3.63) is 53.5 Å². The molecule has 0 aliphatic carbocycles. The first kappa shape index (κ1) is 14.5. The maximum absolute atomic E-state index is 11.9. The van der Waals surface area contributed by atoms with E-state index in [4.69, 9.17) is 0 Å². The fourth-order valence-electron chi connectivity index (χ4n) is 2.23. The van der Waals surface area contributed by atoms with Gasteiger partial charge in [0.25, 0.3) is 0 Å². The maximum atomic E-state index is 11.9. The van der Waals surface area contributed by atoms with Gasteiger partial charge in [-0.15, -0.1) is 11.3 Å². The van der Waals surface area contributed by atoms with Crippen LogP contribution in [0.5, 0.6) is 5.75 Å². The number of thiazole rings is 1. The number of hydrogen-bond donors (Lipinski definition) is 2. The number of phenolic OH excluding ortho intramolecular Hbond substituents is 1. The van der Waals surface area contributed by atoms with Gasteiger partial charge in [0.2, 0.25) is 5.91 Å². The van der Waals surface area contributed by atoms with Gasteiger partial charge in [-0.05, 0) is 37.1 Å². The second-order valence-corrected chi connectivity index (χ2v) is 6.14. The molecule has 3 rings (SSSR count). The van der Waals surface area contributed by atoms with Crippen LogP contribution in [0, 0.1) is 0 Å². The highest BCUT2D eigenvalue weighted by atomic mass is 32.1. The smallest absolute Gasteiger partial charge is 0.224 e. The largest absolute Gasteiger partial charge is 0.508 e. The number of aryl methyl sites for hydroxylation is 1. The Kier molecular flexibility index (Phi) is 4.34. The first-order chi connectivity index (χ1) is 10.7. The number of benzene rings is 2. The zero-order valence-corrected chi connectivity index (χ0v) is 12.8. The third-order valence-electron chi connectivity index (χ3n) is 3.26. The van der Waals surface area contributed by atoms with Crippen LogP contribution in [-0.2, 0) is 11.2 Å². The maximum Gasteiger partial charge on any atom is 0.224 e. The number of rotatable bonds is 5. The number of aromatic hydroxyl groups is 1. The molecule has 0 aliphatic heterocycles. The first-order valence-electron chi connectivity index (χ1n) is 7.14. The average Bonchev–Trinajstić information content (AvgIpc) is 2.90. The minimum Gasteiger partial charge on any atom is -0.508 e. The number of nitrogens with one attached hydrogen (secondary N) is 1. The second-order valence-electron chi connectivity index (χ2n) is 5.03. The summed E-state index contributed by atoms with van der Waals surface area (Å²) in [6.07, 6.45) is 1.99. The number of fused-ring (bicyclic) bond motifs is 1. The molecule has 1 aromatic heterocycles. The van der Waals surface area contributed by atoms with Crippen LogP contribution in [0.15, 0.2) is 48.5 Å². The van der Waals surface area contributed by atoms with E-state index in [9.17, 15) is 9.90 Å². The Hall–Kier alpha value is -2.40. The predicted octanol–water partition coefficient (Wildman–Crippen LogP) is 3.96. The van der Waals surface area contributed by atoms with Gasteiger partial charge in [0.05, 0.1) is 15.2 Å². The van der Waals surface area contributed by atoms with E-state index in [0.717, 1.165) is 23.4 Å². The molecule has 0 aliphatic rings. The third kappa shape index (κ3) is 3.62. The van der Waals surface area contributed by atoms with E-state index in [1.165, 1.54) is 10.8 Å². The fraction of sp³-hybridized carbons (Fsp3) is 0.176. The topological polar surface area (TPSA) is 62.2 Å². The lowest BCUT2D eigenvalue weighted by Gasteiger charge is -2.04. The zero-order valence-electron chi connectivity index (χ0n) is 12.0. The Labute approximate surface area is 132 Å². The summed E-state index contributed by atoms with van der Waals surface area (Å²) in [5.41, 5.74) is 1.64. The SMILES string of the molecule is O=C(CCCc1nc2ccccc2s1)Nc1cccc(O)c1. The quantitative estimate of drug-likeness (QED) is 0.749. The number of para-hydroxylation sites is 1. The molecule has 112 valence electrons. The highest BCUT2D eigenvalue weighted by Crippen LogP contribution is 2.23. The van der Waals surface area contributed by atoms with Gasteiger partial charge in [-0.1, -0.05) is 18.2 Å². The summed E-state index contributed by atoms with van der Waals surface area (Å²) in [5, 5.41) is 13.2. The molecule has 3 aromatic rings. The van der Waals surface area contributed by atoms with Crippen molar-refractivity contribution in [2.75, 3.05) is 5.32 Å². The van der Waals surface area contributed by atoms with E-state index in [1.54, 1.807) is 29.5 Å². The minimum atomic E-state index is -0.0493. The summed E-state index contributed by atoms with van der Waals surface area (Å²) in [6.45, 7) is 0. The summed E-state index contributed by atoms with van der Waals surface area (Å²) < 4.78 is 1.18. The molecule has 5 heteroatoms. The molecule has 0 bridgehead atoms. The molecule has 0 saturated heterocycles. The van der Waals surface area contributed by atoms with Crippen LogP contribution in [0.4, 0.5) is 5.69 Å². The summed E-state index contributed by atoms with van der Waals surface area (Å²) in [6, 6.07) is 14.6. The summed E-state index contributed by atoms with van der Waals surface area (Å²) in [4.78, 5) is 16.4. The lowest BCUT2D eigenvalue weighted by Crippen LogP contribution is -2.11. The number of amides is 1. The number of anilines is 1. The first-order valence-corrected chi connectivity index (χ1v) is 7.96. The summed E-state index contributed by atoms with van der Waals surface area (Å²) in [5.74, 6) is 0.0963. The molecule has 0 radical (unpaired) electrons. The number of carbonyl (C=O) groups excluding carboxylic acids is 1. The van der Waals surface area contributed by atoms with Crippen molar-refractivity contribution in [1.82, 2.24) is 4.98 Å². The van der Waals surface area contributed by atoms with Gasteiger partial charge in [-0.2, -0.15) is 0 Å². The van der Waals surface area contributed by atoms with Gasteiger partial charge in [0, 0.05) is 18.2 Å². The Balaban J connectivity index is 1.51. The molecule has 0 spiro atoms. The van der Waals surface area contributed by atoms with Crippen LogP contribution in [0.1, 0.15) is 17.8 Å². The number of aromatic nitrogens is 1. The standard InChI is InChI=1S/C17H16N2O2S/c20-13-6-3-5-12(11-13)18-16(21)9-4-10-17-19-14-7-1-2-8-15(14)22-17/h1-3,5-8,11,20H,4,9-10H2,(H,18,21).